The van der Waals surface area contributed by atoms with Crippen molar-refractivity contribution in [3.63, 3.8) is 0 Å². The van der Waals surface area contributed by atoms with Crippen LogP contribution < -0.4 is 0 Å². The lowest BCUT2D eigenvalue weighted by Crippen LogP contribution is -2.07. The van der Waals surface area contributed by atoms with E-state index in [9.17, 15) is 5.26 Å². The van der Waals surface area contributed by atoms with Gasteiger partial charge in [0.05, 0.1) is 11.5 Å². The molecule has 15 heavy (non-hydrogen) atoms. The van der Waals surface area contributed by atoms with E-state index in [0.29, 0.717) is 16.0 Å². The molecule has 78 valence electrons. The Morgan fingerprint density at radius 3 is 2.73 bits per heavy atom. The third-order valence-corrected chi connectivity index (χ3v) is 3.76. The van der Waals surface area contributed by atoms with Crippen molar-refractivity contribution in [1.29, 1.82) is 5.26 Å². The summed E-state index contributed by atoms with van der Waals surface area (Å²) in [4.78, 5) is 0. The monoisotopic (exact) mass is 239 g/mol. The quantitative estimate of drug-likeness (QED) is 0.760. The minimum atomic E-state index is -0.351. The van der Waals surface area contributed by atoms with Crippen LogP contribution >= 0.6 is 23.2 Å². The van der Waals surface area contributed by atoms with Crippen LogP contribution in [-0.4, -0.2) is 0 Å². The number of rotatable bonds is 2. The molecule has 1 aromatic rings. The SMILES string of the molecule is CCC1CC1(C#N)c1ccc(Cl)cc1Cl. The minimum absolute atomic E-state index is 0.351. The van der Waals surface area contributed by atoms with Gasteiger partial charge in [0.2, 0.25) is 0 Å². The number of hydrogen-bond donors (Lipinski definition) is 0. The molecular weight excluding hydrogens is 229 g/mol. The normalized spacial score (nSPS) is 28.5. The van der Waals surface area contributed by atoms with E-state index in [2.05, 4.69) is 13.0 Å². The third kappa shape index (κ3) is 1.62. The molecule has 2 atom stereocenters. The molecule has 0 aliphatic heterocycles. The van der Waals surface area contributed by atoms with Crippen molar-refractivity contribution in [2.75, 3.05) is 0 Å². The molecule has 1 fully saturated rings. The topological polar surface area (TPSA) is 23.8 Å². The second kappa shape index (κ2) is 3.70. The van der Waals surface area contributed by atoms with Gasteiger partial charge in [0, 0.05) is 10.0 Å². The highest BCUT2D eigenvalue weighted by molar-refractivity contribution is 6.35. The molecule has 0 radical (unpaired) electrons. The maximum absolute atomic E-state index is 9.26. The second-order valence-corrected chi connectivity index (χ2v) is 4.86. The van der Waals surface area contributed by atoms with Crippen molar-refractivity contribution in [3.8, 4) is 6.07 Å². The summed E-state index contributed by atoms with van der Waals surface area (Å²) in [6.45, 7) is 2.10. The fraction of sp³-hybridized carbons (Fsp3) is 0.417. The zero-order valence-electron chi connectivity index (χ0n) is 8.43. The fourth-order valence-corrected chi connectivity index (χ4v) is 2.78. The Kier molecular flexibility index (Phi) is 2.66. The molecule has 1 aliphatic rings. The number of nitrogens with zero attached hydrogens (tertiary/aromatic N) is 1. The van der Waals surface area contributed by atoms with Crippen molar-refractivity contribution < 1.29 is 0 Å². The van der Waals surface area contributed by atoms with Crippen LogP contribution in [0.3, 0.4) is 0 Å². The van der Waals surface area contributed by atoms with Gasteiger partial charge in [-0.3, -0.25) is 0 Å². The zero-order valence-corrected chi connectivity index (χ0v) is 9.94. The standard InChI is InChI=1S/C12H11Cl2N/c1-2-8-6-12(8,7-15)10-4-3-9(13)5-11(10)14/h3-5,8H,2,6H2,1H3. The average Bonchev–Trinajstić information content (AvgIpc) is 2.93. The third-order valence-electron chi connectivity index (χ3n) is 3.21. The lowest BCUT2D eigenvalue weighted by Gasteiger charge is -2.10. The van der Waals surface area contributed by atoms with Crippen molar-refractivity contribution in [2.24, 2.45) is 5.92 Å². The smallest absolute Gasteiger partial charge is 0.0868 e. The van der Waals surface area contributed by atoms with Gasteiger partial charge >= 0.3 is 0 Å². The Bertz CT molecular complexity index is 436. The van der Waals surface area contributed by atoms with Crippen LogP contribution in [0, 0.1) is 17.2 Å². The maximum Gasteiger partial charge on any atom is 0.0868 e. The van der Waals surface area contributed by atoms with Crippen LogP contribution in [-0.2, 0) is 5.41 Å². The first-order chi connectivity index (χ1) is 7.14. The van der Waals surface area contributed by atoms with Crippen LogP contribution in [0.2, 0.25) is 10.0 Å². The average molecular weight is 240 g/mol. The molecule has 1 saturated carbocycles. The first kappa shape index (κ1) is 10.8. The van der Waals surface area contributed by atoms with Crippen molar-refractivity contribution in [1.82, 2.24) is 0 Å². The first-order valence-electron chi connectivity index (χ1n) is 5.01. The van der Waals surface area contributed by atoms with E-state index in [-0.39, 0.29) is 5.41 Å². The maximum atomic E-state index is 9.26. The number of hydrogen-bond acceptors (Lipinski definition) is 1. The summed E-state index contributed by atoms with van der Waals surface area (Å²) in [6, 6.07) is 7.79. The highest BCUT2D eigenvalue weighted by Gasteiger charge is 2.55. The molecule has 3 heteroatoms. The van der Waals surface area contributed by atoms with Gasteiger partial charge in [-0.2, -0.15) is 5.26 Å². The van der Waals surface area contributed by atoms with E-state index in [4.69, 9.17) is 23.2 Å². The molecule has 0 amide bonds. The van der Waals surface area contributed by atoms with Crippen LogP contribution in [0.5, 0.6) is 0 Å². The zero-order chi connectivity index (χ0) is 11.1. The Hall–Kier alpha value is -0.710. The van der Waals surface area contributed by atoms with E-state index in [0.717, 1.165) is 18.4 Å². The van der Waals surface area contributed by atoms with Crippen LogP contribution in [0.1, 0.15) is 25.3 Å². The summed E-state index contributed by atoms with van der Waals surface area (Å²) < 4.78 is 0. The predicted octanol–water partition coefficient (Wildman–Crippen LogP) is 4.18. The molecule has 0 bridgehead atoms. The van der Waals surface area contributed by atoms with E-state index in [1.165, 1.54) is 0 Å². The van der Waals surface area contributed by atoms with Crippen molar-refractivity contribution in [2.45, 2.75) is 25.2 Å². The molecule has 0 aromatic heterocycles. The van der Waals surface area contributed by atoms with E-state index < -0.39 is 0 Å². The highest BCUT2D eigenvalue weighted by Crippen LogP contribution is 2.57. The molecule has 0 spiro atoms. The Morgan fingerprint density at radius 1 is 1.53 bits per heavy atom. The predicted molar refractivity (Wildman–Crippen MR) is 62.2 cm³/mol. The van der Waals surface area contributed by atoms with Gasteiger partial charge in [0.25, 0.3) is 0 Å². The fourth-order valence-electron chi connectivity index (χ4n) is 2.20. The molecule has 2 rings (SSSR count). The number of halogens is 2. The van der Waals surface area contributed by atoms with E-state index in [1.807, 2.05) is 6.07 Å². The lowest BCUT2D eigenvalue weighted by molar-refractivity contribution is 0.701. The lowest BCUT2D eigenvalue weighted by atomic mass is 9.94. The largest absolute Gasteiger partial charge is 0.197 e. The summed E-state index contributed by atoms with van der Waals surface area (Å²) in [5.74, 6) is 0.446. The Morgan fingerprint density at radius 2 is 2.27 bits per heavy atom. The molecule has 0 saturated heterocycles. The molecule has 1 nitrogen and oxygen atoms in total. The molecule has 2 unspecified atom stereocenters. The molecule has 0 heterocycles. The van der Waals surface area contributed by atoms with Gasteiger partial charge in [0.1, 0.15) is 0 Å². The van der Waals surface area contributed by atoms with Gasteiger partial charge in [0.15, 0.2) is 0 Å². The molecular formula is C12H11Cl2N. The van der Waals surface area contributed by atoms with Gasteiger partial charge in [-0.15, -0.1) is 0 Å². The van der Waals surface area contributed by atoms with Crippen LogP contribution in [0.15, 0.2) is 18.2 Å². The summed E-state index contributed by atoms with van der Waals surface area (Å²) in [5.41, 5.74) is 0.582. The first-order valence-corrected chi connectivity index (χ1v) is 5.76. The van der Waals surface area contributed by atoms with Gasteiger partial charge < -0.3 is 0 Å². The van der Waals surface area contributed by atoms with Crippen LogP contribution in [0.25, 0.3) is 0 Å². The van der Waals surface area contributed by atoms with Crippen molar-refractivity contribution >= 4 is 23.2 Å². The van der Waals surface area contributed by atoms with Gasteiger partial charge in [-0.05, 0) is 30.0 Å². The van der Waals surface area contributed by atoms with Crippen molar-refractivity contribution in [3.05, 3.63) is 33.8 Å². The number of benzene rings is 1. The highest BCUT2D eigenvalue weighted by atomic mass is 35.5. The summed E-state index contributed by atoms with van der Waals surface area (Å²) in [7, 11) is 0. The molecule has 1 aromatic carbocycles. The Balaban J connectivity index is 2.43. The van der Waals surface area contributed by atoms with Gasteiger partial charge in [-0.1, -0.05) is 42.6 Å². The van der Waals surface area contributed by atoms with Gasteiger partial charge in [-0.25, -0.2) is 0 Å². The summed E-state index contributed by atoms with van der Waals surface area (Å²) >= 11 is 12.0. The van der Waals surface area contributed by atoms with Crippen LogP contribution in [0.4, 0.5) is 0 Å². The number of nitriles is 1. The van der Waals surface area contributed by atoms with E-state index >= 15 is 0 Å². The summed E-state index contributed by atoms with van der Waals surface area (Å²) in [5, 5.41) is 10.5. The van der Waals surface area contributed by atoms with E-state index in [1.54, 1.807) is 12.1 Å². The molecule has 1 aliphatic carbocycles. The molecule has 0 N–H and O–H groups in total. The minimum Gasteiger partial charge on any atom is -0.197 e. The Labute approximate surface area is 99.6 Å². The second-order valence-electron chi connectivity index (χ2n) is 4.02. The summed E-state index contributed by atoms with van der Waals surface area (Å²) in [6.07, 6.45) is 1.94.